The van der Waals surface area contributed by atoms with Crippen molar-refractivity contribution in [2.75, 3.05) is 13.6 Å². The molecular weight excluding hydrogens is 200 g/mol. The summed E-state index contributed by atoms with van der Waals surface area (Å²) in [4.78, 5) is 13.8. The van der Waals surface area contributed by atoms with Crippen molar-refractivity contribution >= 4 is 5.91 Å². The van der Waals surface area contributed by atoms with E-state index < -0.39 is 0 Å². The predicted octanol–water partition coefficient (Wildman–Crippen LogP) is 1.86. The van der Waals surface area contributed by atoms with Crippen LogP contribution in [0.15, 0.2) is 0 Å². The standard InChI is InChI=1S/C13H26N2O/c1-9(2)11(14)6-7-15(5)12(16)10-8-13(10,3)4/h9-11H,6-8,14H2,1-5H3. The lowest BCUT2D eigenvalue weighted by molar-refractivity contribution is -0.132. The van der Waals surface area contributed by atoms with Crippen LogP contribution >= 0.6 is 0 Å². The third kappa shape index (κ3) is 3.21. The highest BCUT2D eigenvalue weighted by Gasteiger charge is 2.51. The fraction of sp³-hybridized carbons (Fsp3) is 0.923. The van der Waals surface area contributed by atoms with Gasteiger partial charge in [-0.05, 0) is 24.2 Å². The molecule has 1 rings (SSSR count). The quantitative estimate of drug-likeness (QED) is 0.778. The van der Waals surface area contributed by atoms with Crippen LogP contribution in [0.3, 0.4) is 0 Å². The lowest BCUT2D eigenvalue weighted by Gasteiger charge is -2.22. The first-order valence-electron chi connectivity index (χ1n) is 6.26. The van der Waals surface area contributed by atoms with E-state index in [-0.39, 0.29) is 17.4 Å². The molecule has 2 atom stereocenters. The maximum atomic E-state index is 12.0. The average Bonchev–Trinajstić information content (AvgIpc) is 2.82. The lowest BCUT2D eigenvalue weighted by Crippen LogP contribution is -2.35. The number of hydrogen-bond donors (Lipinski definition) is 1. The van der Waals surface area contributed by atoms with Gasteiger partial charge in [0, 0.05) is 25.6 Å². The first-order chi connectivity index (χ1) is 7.25. The van der Waals surface area contributed by atoms with Crippen molar-refractivity contribution in [3.63, 3.8) is 0 Å². The van der Waals surface area contributed by atoms with Gasteiger partial charge in [-0.2, -0.15) is 0 Å². The number of amides is 1. The summed E-state index contributed by atoms with van der Waals surface area (Å²) in [7, 11) is 1.89. The average molecular weight is 226 g/mol. The van der Waals surface area contributed by atoms with Gasteiger partial charge in [-0.15, -0.1) is 0 Å². The molecule has 0 bridgehead atoms. The number of nitrogens with two attached hydrogens (primary N) is 1. The number of nitrogens with zero attached hydrogens (tertiary/aromatic N) is 1. The molecule has 0 aromatic heterocycles. The molecule has 3 heteroatoms. The summed E-state index contributed by atoms with van der Waals surface area (Å²) in [6.45, 7) is 9.34. The topological polar surface area (TPSA) is 46.3 Å². The maximum Gasteiger partial charge on any atom is 0.225 e. The Morgan fingerprint density at radius 1 is 1.50 bits per heavy atom. The molecular formula is C13H26N2O. The normalized spacial score (nSPS) is 24.3. The summed E-state index contributed by atoms with van der Waals surface area (Å²) in [5, 5.41) is 0. The Balaban J connectivity index is 2.31. The van der Waals surface area contributed by atoms with Crippen LogP contribution in [0.4, 0.5) is 0 Å². The third-order valence-electron chi connectivity index (χ3n) is 3.84. The van der Waals surface area contributed by atoms with E-state index in [1.807, 2.05) is 11.9 Å². The second kappa shape index (κ2) is 4.74. The molecule has 3 nitrogen and oxygen atoms in total. The van der Waals surface area contributed by atoms with E-state index in [0.717, 1.165) is 19.4 Å². The van der Waals surface area contributed by atoms with Gasteiger partial charge in [0.25, 0.3) is 0 Å². The first-order valence-corrected chi connectivity index (χ1v) is 6.26. The third-order valence-corrected chi connectivity index (χ3v) is 3.84. The molecule has 16 heavy (non-hydrogen) atoms. The van der Waals surface area contributed by atoms with Crippen molar-refractivity contribution in [1.82, 2.24) is 4.90 Å². The molecule has 2 N–H and O–H groups in total. The van der Waals surface area contributed by atoms with Crippen LogP contribution in [0.1, 0.15) is 40.5 Å². The Kier molecular flexibility index (Phi) is 4.00. The molecule has 0 heterocycles. The van der Waals surface area contributed by atoms with Crippen molar-refractivity contribution in [2.24, 2.45) is 23.0 Å². The van der Waals surface area contributed by atoms with Gasteiger partial charge in [-0.1, -0.05) is 27.7 Å². The predicted molar refractivity (Wildman–Crippen MR) is 67.0 cm³/mol. The molecule has 0 saturated heterocycles. The van der Waals surface area contributed by atoms with Gasteiger partial charge in [-0.25, -0.2) is 0 Å². The van der Waals surface area contributed by atoms with Crippen LogP contribution in [0.5, 0.6) is 0 Å². The first kappa shape index (κ1) is 13.5. The van der Waals surface area contributed by atoms with Crippen molar-refractivity contribution in [3.05, 3.63) is 0 Å². The van der Waals surface area contributed by atoms with E-state index in [9.17, 15) is 4.79 Å². The second-order valence-corrected chi connectivity index (χ2v) is 6.20. The summed E-state index contributed by atoms with van der Waals surface area (Å²) < 4.78 is 0. The molecule has 0 radical (unpaired) electrons. The number of carbonyl (C=O) groups is 1. The number of hydrogen-bond acceptors (Lipinski definition) is 2. The van der Waals surface area contributed by atoms with E-state index in [1.165, 1.54) is 0 Å². The summed E-state index contributed by atoms with van der Waals surface area (Å²) in [5.41, 5.74) is 6.20. The lowest BCUT2D eigenvalue weighted by atomic mass is 10.0. The molecule has 94 valence electrons. The highest BCUT2D eigenvalue weighted by molar-refractivity contribution is 5.82. The van der Waals surface area contributed by atoms with Gasteiger partial charge < -0.3 is 10.6 Å². The summed E-state index contributed by atoms with van der Waals surface area (Å²) >= 11 is 0. The highest BCUT2D eigenvalue weighted by atomic mass is 16.2. The molecule has 2 unspecified atom stereocenters. The van der Waals surface area contributed by atoms with Crippen molar-refractivity contribution in [2.45, 2.75) is 46.6 Å². The molecule has 1 saturated carbocycles. The van der Waals surface area contributed by atoms with Crippen molar-refractivity contribution in [3.8, 4) is 0 Å². The van der Waals surface area contributed by atoms with Crippen LogP contribution in [0, 0.1) is 17.3 Å². The van der Waals surface area contributed by atoms with Gasteiger partial charge in [0.2, 0.25) is 5.91 Å². The zero-order valence-electron chi connectivity index (χ0n) is 11.3. The largest absolute Gasteiger partial charge is 0.345 e. The Labute approximate surface area is 99.4 Å². The zero-order chi connectivity index (χ0) is 12.5. The summed E-state index contributed by atoms with van der Waals surface area (Å²) in [6.07, 6.45) is 1.93. The maximum absolute atomic E-state index is 12.0. The second-order valence-electron chi connectivity index (χ2n) is 6.20. The number of rotatable bonds is 5. The number of carbonyl (C=O) groups excluding carboxylic acids is 1. The molecule has 0 spiro atoms. The highest BCUT2D eigenvalue weighted by Crippen LogP contribution is 2.52. The van der Waals surface area contributed by atoms with E-state index in [4.69, 9.17) is 5.73 Å². The minimum absolute atomic E-state index is 0.197. The minimum atomic E-state index is 0.197. The van der Waals surface area contributed by atoms with Gasteiger partial charge in [0.1, 0.15) is 0 Å². The summed E-state index contributed by atoms with van der Waals surface area (Å²) in [6, 6.07) is 0.197. The van der Waals surface area contributed by atoms with Crippen LogP contribution < -0.4 is 5.73 Å². The van der Waals surface area contributed by atoms with Gasteiger partial charge in [-0.3, -0.25) is 4.79 Å². The van der Waals surface area contributed by atoms with Gasteiger partial charge in [0.05, 0.1) is 0 Å². The zero-order valence-corrected chi connectivity index (χ0v) is 11.3. The van der Waals surface area contributed by atoms with E-state index >= 15 is 0 Å². The smallest absolute Gasteiger partial charge is 0.225 e. The molecule has 1 aliphatic carbocycles. The van der Waals surface area contributed by atoms with Crippen LogP contribution in [-0.4, -0.2) is 30.4 Å². The van der Waals surface area contributed by atoms with Crippen molar-refractivity contribution in [1.29, 1.82) is 0 Å². The van der Waals surface area contributed by atoms with E-state index in [1.54, 1.807) is 0 Å². The SMILES string of the molecule is CC(C)C(N)CCN(C)C(=O)C1CC1(C)C. The Bertz CT molecular complexity index is 261. The molecule has 0 aliphatic heterocycles. The Morgan fingerprint density at radius 3 is 2.38 bits per heavy atom. The fourth-order valence-corrected chi connectivity index (χ4v) is 1.94. The molecule has 1 aliphatic rings. The fourth-order valence-electron chi connectivity index (χ4n) is 1.94. The molecule has 1 fully saturated rings. The van der Waals surface area contributed by atoms with E-state index in [2.05, 4.69) is 27.7 Å². The Morgan fingerprint density at radius 2 is 2.00 bits per heavy atom. The van der Waals surface area contributed by atoms with E-state index in [0.29, 0.717) is 11.8 Å². The van der Waals surface area contributed by atoms with Crippen LogP contribution in [0.2, 0.25) is 0 Å². The van der Waals surface area contributed by atoms with Crippen LogP contribution in [-0.2, 0) is 4.79 Å². The Hall–Kier alpha value is -0.570. The molecule has 0 aromatic carbocycles. The molecule has 0 aromatic rings. The van der Waals surface area contributed by atoms with Gasteiger partial charge >= 0.3 is 0 Å². The molecule has 1 amide bonds. The monoisotopic (exact) mass is 226 g/mol. The van der Waals surface area contributed by atoms with Crippen LogP contribution in [0.25, 0.3) is 0 Å². The van der Waals surface area contributed by atoms with Gasteiger partial charge in [0.15, 0.2) is 0 Å². The minimum Gasteiger partial charge on any atom is -0.345 e. The van der Waals surface area contributed by atoms with Crippen molar-refractivity contribution < 1.29 is 4.79 Å². The summed E-state index contributed by atoms with van der Waals surface area (Å²) in [5.74, 6) is 1.02.